The van der Waals surface area contributed by atoms with Crippen LogP contribution in [0.25, 0.3) is 0 Å². The lowest BCUT2D eigenvalue weighted by atomic mass is 10.0. The number of nitrogens with one attached hydrogen (secondary N) is 1. The standard InChI is InChI=1S/C33H33NO5/c1-37-33(36)29(34-32(35)20-18-25-11-5-2-6-12-25)21-28-17-19-30(38-23-26-13-7-3-8-14-26)31(22-28)39-24-27-15-9-4-10-16-27/h2-17,19,22,29H,18,20-21,23-24H2,1H3,(H,34,35)/t29-/m1/s1. The molecule has 0 unspecified atom stereocenters. The second-order valence-corrected chi connectivity index (χ2v) is 9.16. The van der Waals surface area contributed by atoms with Gasteiger partial charge in [-0.2, -0.15) is 0 Å². The van der Waals surface area contributed by atoms with Gasteiger partial charge in [-0.05, 0) is 40.8 Å². The molecule has 6 heteroatoms. The van der Waals surface area contributed by atoms with Gasteiger partial charge in [0.1, 0.15) is 19.3 Å². The van der Waals surface area contributed by atoms with Gasteiger partial charge in [-0.15, -0.1) is 0 Å². The molecular weight excluding hydrogens is 490 g/mol. The minimum Gasteiger partial charge on any atom is -0.485 e. The summed E-state index contributed by atoms with van der Waals surface area (Å²) in [5.41, 5.74) is 3.94. The molecule has 0 fully saturated rings. The van der Waals surface area contributed by atoms with E-state index >= 15 is 0 Å². The average Bonchev–Trinajstić information content (AvgIpc) is 2.99. The van der Waals surface area contributed by atoms with Crippen LogP contribution < -0.4 is 14.8 Å². The summed E-state index contributed by atoms with van der Waals surface area (Å²) in [4.78, 5) is 25.2. The molecule has 4 aromatic rings. The molecule has 1 amide bonds. The van der Waals surface area contributed by atoms with Crippen LogP contribution in [0.5, 0.6) is 11.5 Å². The van der Waals surface area contributed by atoms with E-state index in [0.29, 0.717) is 31.1 Å². The first kappa shape index (κ1) is 27.5. The lowest BCUT2D eigenvalue weighted by Crippen LogP contribution is -2.43. The van der Waals surface area contributed by atoms with E-state index in [1.54, 1.807) is 0 Å². The largest absolute Gasteiger partial charge is 0.485 e. The van der Waals surface area contributed by atoms with Gasteiger partial charge in [-0.25, -0.2) is 4.79 Å². The van der Waals surface area contributed by atoms with E-state index in [9.17, 15) is 9.59 Å². The number of ether oxygens (including phenoxy) is 3. The van der Waals surface area contributed by atoms with Crippen LogP contribution in [0.15, 0.2) is 109 Å². The number of rotatable bonds is 13. The zero-order valence-electron chi connectivity index (χ0n) is 22.0. The van der Waals surface area contributed by atoms with Crippen molar-refractivity contribution in [1.82, 2.24) is 5.32 Å². The van der Waals surface area contributed by atoms with E-state index in [4.69, 9.17) is 14.2 Å². The molecule has 0 aromatic heterocycles. The van der Waals surface area contributed by atoms with Crippen molar-refractivity contribution < 1.29 is 23.8 Å². The molecule has 4 aromatic carbocycles. The van der Waals surface area contributed by atoms with Crippen LogP contribution in [-0.4, -0.2) is 25.0 Å². The molecule has 0 aliphatic heterocycles. The number of benzene rings is 4. The van der Waals surface area contributed by atoms with E-state index in [1.807, 2.05) is 109 Å². The lowest BCUT2D eigenvalue weighted by Gasteiger charge is -2.19. The molecule has 200 valence electrons. The minimum atomic E-state index is -0.823. The summed E-state index contributed by atoms with van der Waals surface area (Å²) in [6.45, 7) is 0.757. The van der Waals surface area contributed by atoms with Gasteiger partial charge in [0.05, 0.1) is 7.11 Å². The third kappa shape index (κ3) is 8.75. The van der Waals surface area contributed by atoms with Gasteiger partial charge in [0, 0.05) is 12.8 Å². The average molecular weight is 524 g/mol. The Labute approximate surface area is 229 Å². The molecule has 6 nitrogen and oxygen atoms in total. The molecule has 0 spiro atoms. The van der Waals surface area contributed by atoms with Gasteiger partial charge in [0.2, 0.25) is 5.91 Å². The molecule has 0 bridgehead atoms. The van der Waals surface area contributed by atoms with Crippen molar-refractivity contribution in [3.05, 3.63) is 131 Å². The van der Waals surface area contributed by atoms with Crippen LogP contribution in [0.3, 0.4) is 0 Å². The normalized spacial score (nSPS) is 11.3. The number of methoxy groups -OCH3 is 1. The third-order valence-corrected chi connectivity index (χ3v) is 6.23. The summed E-state index contributed by atoms with van der Waals surface area (Å²) < 4.78 is 17.2. The number of hydrogen-bond acceptors (Lipinski definition) is 5. The SMILES string of the molecule is COC(=O)[C@@H](Cc1ccc(OCc2ccccc2)c(OCc2ccccc2)c1)NC(=O)CCc1ccccc1. The molecule has 1 atom stereocenters. The Balaban J connectivity index is 1.46. The number of aryl methyl sites for hydroxylation is 1. The van der Waals surface area contributed by atoms with Crippen molar-refractivity contribution in [2.45, 2.75) is 38.5 Å². The Morgan fingerprint density at radius 1 is 0.667 bits per heavy atom. The van der Waals surface area contributed by atoms with Gasteiger partial charge in [0.25, 0.3) is 0 Å². The summed E-state index contributed by atoms with van der Waals surface area (Å²) in [5.74, 6) is 0.447. The van der Waals surface area contributed by atoms with E-state index in [0.717, 1.165) is 22.3 Å². The minimum absolute atomic E-state index is 0.211. The summed E-state index contributed by atoms with van der Waals surface area (Å²) in [7, 11) is 1.32. The predicted octanol–water partition coefficient (Wildman–Crippen LogP) is 5.68. The number of esters is 1. The van der Waals surface area contributed by atoms with E-state index in [-0.39, 0.29) is 18.7 Å². The Kier molecular flexibility index (Phi) is 10.1. The molecule has 0 aliphatic carbocycles. The van der Waals surface area contributed by atoms with Gasteiger partial charge in [0.15, 0.2) is 11.5 Å². The number of carbonyl (C=O) groups is 2. The summed E-state index contributed by atoms with van der Waals surface area (Å²) in [6, 6.07) is 34.3. The zero-order valence-corrected chi connectivity index (χ0v) is 22.0. The van der Waals surface area contributed by atoms with Crippen molar-refractivity contribution in [3.63, 3.8) is 0 Å². The molecule has 0 aliphatic rings. The number of hydrogen-bond donors (Lipinski definition) is 1. The van der Waals surface area contributed by atoms with Gasteiger partial charge >= 0.3 is 5.97 Å². The van der Waals surface area contributed by atoms with Crippen LogP contribution in [0.2, 0.25) is 0 Å². The Morgan fingerprint density at radius 3 is 1.77 bits per heavy atom. The van der Waals surface area contributed by atoms with E-state index < -0.39 is 12.0 Å². The molecule has 0 saturated heterocycles. The van der Waals surface area contributed by atoms with Gasteiger partial charge in [-0.1, -0.05) is 97.1 Å². The highest BCUT2D eigenvalue weighted by molar-refractivity contribution is 5.84. The third-order valence-electron chi connectivity index (χ3n) is 6.23. The molecule has 4 rings (SSSR count). The van der Waals surface area contributed by atoms with E-state index in [1.165, 1.54) is 7.11 Å². The maximum absolute atomic E-state index is 12.7. The summed E-state index contributed by atoms with van der Waals surface area (Å²) in [6.07, 6.45) is 1.12. The monoisotopic (exact) mass is 523 g/mol. The lowest BCUT2D eigenvalue weighted by molar-refractivity contribution is -0.145. The van der Waals surface area contributed by atoms with Crippen LogP contribution in [0.1, 0.15) is 28.7 Å². The second-order valence-electron chi connectivity index (χ2n) is 9.16. The fourth-order valence-electron chi connectivity index (χ4n) is 4.12. The second kappa shape index (κ2) is 14.4. The predicted molar refractivity (Wildman–Crippen MR) is 150 cm³/mol. The molecule has 0 saturated carbocycles. The van der Waals surface area contributed by atoms with Crippen molar-refractivity contribution in [2.24, 2.45) is 0 Å². The summed E-state index contributed by atoms with van der Waals surface area (Å²) in [5, 5.41) is 2.84. The van der Waals surface area contributed by atoms with Crippen LogP contribution in [0, 0.1) is 0 Å². The summed E-state index contributed by atoms with van der Waals surface area (Å²) >= 11 is 0. The Morgan fingerprint density at radius 2 is 1.21 bits per heavy atom. The first-order valence-corrected chi connectivity index (χ1v) is 13.0. The van der Waals surface area contributed by atoms with Gasteiger partial charge < -0.3 is 19.5 Å². The highest BCUT2D eigenvalue weighted by Crippen LogP contribution is 2.30. The van der Waals surface area contributed by atoms with Crippen LogP contribution in [-0.2, 0) is 40.4 Å². The maximum Gasteiger partial charge on any atom is 0.328 e. The first-order chi connectivity index (χ1) is 19.1. The molecular formula is C33H33NO5. The van der Waals surface area contributed by atoms with Crippen molar-refractivity contribution in [1.29, 1.82) is 0 Å². The molecule has 39 heavy (non-hydrogen) atoms. The zero-order chi connectivity index (χ0) is 27.3. The fourth-order valence-corrected chi connectivity index (χ4v) is 4.12. The first-order valence-electron chi connectivity index (χ1n) is 13.0. The Hall–Kier alpha value is -4.58. The van der Waals surface area contributed by atoms with Crippen LogP contribution in [0.4, 0.5) is 0 Å². The highest BCUT2D eigenvalue weighted by Gasteiger charge is 2.23. The van der Waals surface area contributed by atoms with Crippen molar-refractivity contribution in [2.75, 3.05) is 7.11 Å². The molecule has 1 N–H and O–H groups in total. The number of carbonyl (C=O) groups excluding carboxylic acids is 2. The smallest absolute Gasteiger partial charge is 0.328 e. The quantitative estimate of drug-likeness (QED) is 0.228. The Bertz CT molecular complexity index is 1330. The van der Waals surface area contributed by atoms with Crippen molar-refractivity contribution >= 4 is 11.9 Å². The fraction of sp³-hybridized carbons (Fsp3) is 0.212. The highest BCUT2D eigenvalue weighted by atomic mass is 16.5. The van der Waals surface area contributed by atoms with Gasteiger partial charge in [-0.3, -0.25) is 4.79 Å². The number of amides is 1. The topological polar surface area (TPSA) is 73.9 Å². The molecule has 0 radical (unpaired) electrons. The van der Waals surface area contributed by atoms with Crippen LogP contribution >= 0.6 is 0 Å². The molecule has 0 heterocycles. The van der Waals surface area contributed by atoms with E-state index in [2.05, 4.69) is 5.32 Å². The van der Waals surface area contributed by atoms with Crippen molar-refractivity contribution in [3.8, 4) is 11.5 Å². The maximum atomic E-state index is 12.7.